The molecule has 0 saturated carbocycles. The van der Waals surface area contributed by atoms with Gasteiger partial charge in [0, 0.05) is 12.1 Å². The van der Waals surface area contributed by atoms with Crippen LogP contribution < -0.4 is 20.1 Å². The first-order chi connectivity index (χ1) is 9.44. The number of rotatable bonds is 4. The topological polar surface area (TPSA) is 59.6 Å². The van der Waals surface area contributed by atoms with E-state index in [-0.39, 0.29) is 11.6 Å². The molecule has 1 aliphatic rings. The van der Waals surface area contributed by atoms with Gasteiger partial charge in [-0.15, -0.1) is 0 Å². The summed E-state index contributed by atoms with van der Waals surface area (Å²) >= 11 is 0. The van der Waals surface area contributed by atoms with Crippen LogP contribution in [0.15, 0.2) is 18.2 Å². The molecule has 0 bridgehead atoms. The van der Waals surface area contributed by atoms with Crippen molar-refractivity contribution in [1.82, 2.24) is 10.6 Å². The molecule has 20 heavy (non-hydrogen) atoms. The van der Waals surface area contributed by atoms with Crippen LogP contribution in [-0.4, -0.2) is 24.9 Å². The highest BCUT2D eigenvalue weighted by atomic mass is 16.7. The Bertz CT molecular complexity index is 480. The SMILES string of the molecule is CC(C)(C)NC(=O)NCCCc1ccc2c(c1)OCO2. The molecule has 0 fully saturated rings. The average molecular weight is 278 g/mol. The molecule has 0 aliphatic carbocycles. The van der Waals surface area contributed by atoms with Gasteiger partial charge in [-0.1, -0.05) is 6.07 Å². The van der Waals surface area contributed by atoms with Gasteiger partial charge in [0.1, 0.15) is 0 Å². The zero-order valence-electron chi connectivity index (χ0n) is 12.3. The molecule has 2 amide bonds. The van der Waals surface area contributed by atoms with E-state index in [0.717, 1.165) is 24.3 Å². The van der Waals surface area contributed by atoms with Crippen LogP contribution in [0, 0.1) is 0 Å². The summed E-state index contributed by atoms with van der Waals surface area (Å²) in [5, 5.41) is 5.72. The first-order valence-corrected chi connectivity index (χ1v) is 6.88. The molecule has 2 rings (SSSR count). The van der Waals surface area contributed by atoms with Crippen molar-refractivity contribution in [2.75, 3.05) is 13.3 Å². The quantitative estimate of drug-likeness (QED) is 0.832. The van der Waals surface area contributed by atoms with E-state index in [1.165, 1.54) is 5.56 Å². The van der Waals surface area contributed by atoms with Crippen molar-refractivity contribution in [3.05, 3.63) is 23.8 Å². The molecule has 0 atom stereocenters. The van der Waals surface area contributed by atoms with Crippen molar-refractivity contribution in [2.45, 2.75) is 39.2 Å². The first-order valence-electron chi connectivity index (χ1n) is 6.88. The van der Waals surface area contributed by atoms with Crippen molar-refractivity contribution in [3.8, 4) is 11.5 Å². The number of benzene rings is 1. The maximum atomic E-state index is 11.6. The smallest absolute Gasteiger partial charge is 0.315 e. The summed E-state index contributed by atoms with van der Waals surface area (Å²) in [6, 6.07) is 5.83. The number of hydrogen-bond donors (Lipinski definition) is 2. The molecule has 0 radical (unpaired) electrons. The summed E-state index contributed by atoms with van der Waals surface area (Å²) < 4.78 is 10.6. The molecule has 0 spiro atoms. The van der Waals surface area contributed by atoms with E-state index < -0.39 is 0 Å². The Morgan fingerprint density at radius 3 is 2.75 bits per heavy atom. The van der Waals surface area contributed by atoms with E-state index >= 15 is 0 Å². The van der Waals surface area contributed by atoms with Crippen LogP contribution in [0.1, 0.15) is 32.8 Å². The fourth-order valence-corrected chi connectivity index (χ4v) is 1.98. The molecule has 1 aliphatic heterocycles. The minimum Gasteiger partial charge on any atom is -0.454 e. The lowest BCUT2D eigenvalue weighted by molar-refractivity contribution is 0.174. The molecular formula is C15H22N2O3. The zero-order chi connectivity index (χ0) is 14.6. The second-order valence-corrected chi connectivity index (χ2v) is 5.92. The summed E-state index contributed by atoms with van der Waals surface area (Å²) in [5.41, 5.74) is 0.980. The molecule has 2 N–H and O–H groups in total. The largest absolute Gasteiger partial charge is 0.454 e. The van der Waals surface area contributed by atoms with Crippen molar-refractivity contribution in [1.29, 1.82) is 0 Å². The lowest BCUT2D eigenvalue weighted by Gasteiger charge is -2.20. The van der Waals surface area contributed by atoms with Crippen LogP contribution in [0.4, 0.5) is 4.79 Å². The van der Waals surface area contributed by atoms with Gasteiger partial charge in [0.15, 0.2) is 11.5 Å². The van der Waals surface area contributed by atoms with E-state index in [4.69, 9.17) is 9.47 Å². The van der Waals surface area contributed by atoms with E-state index in [0.29, 0.717) is 13.3 Å². The number of amides is 2. The van der Waals surface area contributed by atoms with Gasteiger partial charge >= 0.3 is 6.03 Å². The van der Waals surface area contributed by atoms with Crippen LogP contribution in [-0.2, 0) is 6.42 Å². The van der Waals surface area contributed by atoms with Crippen molar-refractivity contribution < 1.29 is 14.3 Å². The lowest BCUT2D eigenvalue weighted by Crippen LogP contribution is -2.46. The standard InChI is InChI=1S/C15H22N2O3/c1-15(2,3)17-14(18)16-8-4-5-11-6-7-12-13(9-11)20-10-19-12/h6-7,9H,4-5,8,10H2,1-3H3,(H2,16,17,18). The molecular weight excluding hydrogens is 256 g/mol. The number of nitrogens with one attached hydrogen (secondary N) is 2. The van der Waals surface area contributed by atoms with E-state index in [2.05, 4.69) is 10.6 Å². The van der Waals surface area contributed by atoms with Gasteiger partial charge in [-0.25, -0.2) is 4.79 Å². The van der Waals surface area contributed by atoms with Gasteiger partial charge in [-0.3, -0.25) is 0 Å². The van der Waals surface area contributed by atoms with Crippen LogP contribution in [0.2, 0.25) is 0 Å². The molecule has 1 aromatic carbocycles. The Balaban J connectivity index is 1.70. The number of hydrogen-bond acceptors (Lipinski definition) is 3. The Morgan fingerprint density at radius 1 is 1.25 bits per heavy atom. The van der Waals surface area contributed by atoms with Crippen LogP contribution in [0.25, 0.3) is 0 Å². The Morgan fingerprint density at radius 2 is 2.00 bits per heavy atom. The van der Waals surface area contributed by atoms with Crippen LogP contribution >= 0.6 is 0 Å². The van der Waals surface area contributed by atoms with Crippen LogP contribution in [0.3, 0.4) is 0 Å². The summed E-state index contributed by atoms with van der Waals surface area (Å²) in [6.45, 7) is 6.82. The maximum absolute atomic E-state index is 11.6. The molecule has 0 saturated heterocycles. The molecule has 0 aromatic heterocycles. The predicted octanol–water partition coefficient (Wildman–Crippen LogP) is 2.45. The van der Waals surface area contributed by atoms with Crippen molar-refractivity contribution in [2.24, 2.45) is 0 Å². The number of urea groups is 1. The summed E-state index contributed by atoms with van der Waals surface area (Å²) in [7, 11) is 0. The third-order valence-corrected chi connectivity index (χ3v) is 2.85. The second kappa shape index (κ2) is 6.03. The predicted molar refractivity (Wildman–Crippen MR) is 77.2 cm³/mol. The van der Waals surface area contributed by atoms with Crippen molar-refractivity contribution in [3.63, 3.8) is 0 Å². The molecule has 5 nitrogen and oxygen atoms in total. The second-order valence-electron chi connectivity index (χ2n) is 5.92. The fourth-order valence-electron chi connectivity index (χ4n) is 1.98. The average Bonchev–Trinajstić information content (AvgIpc) is 2.79. The number of carbonyl (C=O) groups is 1. The van der Waals surface area contributed by atoms with Crippen LogP contribution in [0.5, 0.6) is 11.5 Å². The zero-order valence-corrected chi connectivity index (χ0v) is 12.3. The highest BCUT2D eigenvalue weighted by Gasteiger charge is 2.14. The van der Waals surface area contributed by atoms with Gasteiger partial charge < -0.3 is 20.1 Å². The Kier molecular flexibility index (Phi) is 4.37. The Hall–Kier alpha value is -1.91. The highest BCUT2D eigenvalue weighted by molar-refractivity contribution is 5.74. The molecule has 5 heteroatoms. The van der Waals surface area contributed by atoms with Gasteiger partial charge in [0.05, 0.1) is 0 Å². The highest BCUT2D eigenvalue weighted by Crippen LogP contribution is 2.32. The normalized spacial score (nSPS) is 13.2. The summed E-state index contributed by atoms with van der Waals surface area (Å²) in [6.07, 6.45) is 1.78. The minimum absolute atomic E-state index is 0.122. The fraction of sp³-hybridized carbons (Fsp3) is 0.533. The maximum Gasteiger partial charge on any atom is 0.315 e. The van der Waals surface area contributed by atoms with Gasteiger partial charge in [-0.05, 0) is 51.3 Å². The van der Waals surface area contributed by atoms with Gasteiger partial charge in [0.25, 0.3) is 0 Å². The lowest BCUT2D eigenvalue weighted by atomic mass is 10.1. The number of aryl methyl sites for hydroxylation is 1. The summed E-state index contributed by atoms with van der Waals surface area (Å²) in [4.78, 5) is 11.6. The third-order valence-electron chi connectivity index (χ3n) is 2.85. The minimum atomic E-state index is -0.207. The Labute approximate surface area is 119 Å². The summed E-state index contributed by atoms with van der Waals surface area (Å²) in [5.74, 6) is 1.61. The van der Waals surface area contributed by atoms with Gasteiger partial charge in [0.2, 0.25) is 6.79 Å². The number of fused-ring (bicyclic) bond motifs is 1. The first kappa shape index (κ1) is 14.5. The van der Waals surface area contributed by atoms with E-state index in [1.807, 2.05) is 39.0 Å². The monoisotopic (exact) mass is 278 g/mol. The molecule has 1 aromatic rings. The van der Waals surface area contributed by atoms with E-state index in [1.54, 1.807) is 0 Å². The van der Waals surface area contributed by atoms with Gasteiger partial charge in [-0.2, -0.15) is 0 Å². The molecule has 110 valence electrons. The van der Waals surface area contributed by atoms with Crippen molar-refractivity contribution >= 4 is 6.03 Å². The molecule has 0 unspecified atom stereocenters. The number of carbonyl (C=O) groups excluding carboxylic acids is 1. The third kappa shape index (κ3) is 4.33. The van der Waals surface area contributed by atoms with E-state index in [9.17, 15) is 4.79 Å². The number of ether oxygens (including phenoxy) is 2. The molecule has 1 heterocycles.